The second-order valence-corrected chi connectivity index (χ2v) is 7.03. The normalized spacial score (nSPS) is 18.2. The van der Waals surface area contributed by atoms with Crippen LogP contribution in [0.25, 0.3) is 0 Å². The number of rotatable bonds is 3. The molecule has 1 aromatic carbocycles. The summed E-state index contributed by atoms with van der Waals surface area (Å²) < 4.78 is 0. The minimum absolute atomic E-state index is 0.0195. The molecule has 20 heavy (non-hydrogen) atoms. The van der Waals surface area contributed by atoms with Gasteiger partial charge in [0.2, 0.25) is 5.91 Å². The van der Waals surface area contributed by atoms with Crippen LogP contribution in [0.4, 0.5) is 5.69 Å². The van der Waals surface area contributed by atoms with E-state index in [0.29, 0.717) is 5.56 Å². The first-order valence-corrected chi connectivity index (χ1v) is 7.64. The molecule has 1 atom stereocenters. The van der Waals surface area contributed by atoms with Gasteiger partial charge >= 0.3 is 0 Å². The average molecular weight is 292 g/mol. The molecular formula is C15H20N2O2S. The summed E-state index contributed by atoms with van der Waals surface area (Å²) >= 11 is 1.51. The molecule has 0 aliphatic carbocycles. The zero-order valence-corrected chi connectivity index (χ0v) is 13.1. The van der Waals surface area contributed by atoms with Crippen LogP contribution in [0.2, 0.25) is 0 Å². The monoisotopic (exact) mass is 292 g/mol. The highest BCUT2D eigenvalue weighted by Gasteiger charge is 2.25. The lowest BCUT2D eigenvalue weighted by Crippen LogP contribution is -2.42. The van der Waals surface area contributed by atoms with Crippen LogP contribution in [0.15, 0.2) is 23.1 Å². The van der Waals surface area contributed by atoms with Crippen molar-refractivity contribution in [3.05, 3.63) is 23.8 Å². The number of amides is 2. The Morgan fingerprint density at radius 1 is 1.45 bits per heavy atom. The van der Waals surface area contributed by atoms with E-state index in [9.17, 15) is 9.59 Å². The molecule has 1 aromatic rings. The minimum Gasteiger partial charge on any atom is -0.347 e. The topological polar surface area (TPSA) is 58.2 Å². The third kappa shape index (κ3) is 3.15. The van der Waals surface area contributed by atoms with Crippen LogP contribution in [-0.4, -0.2) is 22.6 Å². The Bertz CT molecular complexity index is 555. The van der Waals surface area contributed by atoms with E-state index in [1.807, 2.05) is 33.8 Å². The van der Waals surface area contributed by atoms with Crippen LogP contribution < -0.4 is 10.6 Å². The number of benzene rings is 1. The van der Waals surface area contributed by atoms with Crippen LogP contribution in [0.1, 0.15) is 44.5 Å². The van der Waals surface area contributed by atoms with Crippen molar-refractivity contribution in [2.45, 2.75) is 49.8 Å². The summed E-state index contributed by atoms with van der Waals surface area (Å²) in [5.41, 5.74) is 1.06. The Balaban J connectivity index is 2.21. The Labute approximate surface area is 123 Å². The quantitative estimate of drug-likeness (QED) is 0.900. The molecule has 0 radical (unpaired) electrons. The van der Waals surface area contributed by atoms with Crippen molar-refractivity contribution in [1.82, 2.24) is 5.32 Å². The van der Waals surface area contributed by atoms with Gasteiger partial charge in [0.15, 0.2) is 0 Å². The smallest absolute Gasteiger partial charge is 0.251 e. The number of hydrogen-bond acceptors (Lipinski definition) is 3. The fourth-order valence-electron chi connectivity index (χ4n) is 1.82. The van der Waals surface area contributed by atoms with E-state index >= 15 is 0 Å². The number of nitrogens with one attached hydrogen (secondary N) is 2. The second-order valence-electron chi connectivity index (χ2n) is 5.65. The number of thioether (sulfide) groups is 1. The maximum absolute atomic E-state index is 12.2. The molecule has 0 saturated heterocycles. The number of fused-ring (bicyclic) bond motifs is 1. The number of anilines is 1. The average Bonchev–Trinajstić information content (AvgIpc) is 2.39. The molecule has 108 valence electrons. The van der Waals surface area contributed by atoms with Gasteiger partial charge in [-0.25, -0.2) is 0 Å². The lowest BCUT2D eigenvalue weighted by Gasteiger charge is -2.25. The molecule has 0 saturated carbocycles. The van der Waals surface area contributed by atoms with Gasteiger partial charge in [-0.05, 0) is 45.4 Å². The highest BCUT2D eigenvalue weighted by molar-refractivity contribution is 8.00. The molecule has 2 rings (SSSR count). The third-order valence-electron chi connectivity index (χ3n) is 3.51. The Morgan fingerprint density at radius 2 is 2.15 bits per heavy atom. The van der Waals surface area contributed by atoms with E-state index in [1.54, 1.807) is 12.1 Å². The van der Waals surface area contributed by atoms with Crippen LogP contribution in [0.5, 0.6) is 0 Å². The van der Waals surface area contributed by atoms with Gasteiger partial charge in [0.1, 0.15) is 0 Å². The zero-order valence-electron chi connectivity index (χ0n) is 12.2. The van der Waals surface area contributed by atoms with Crippen molar-refractivity contribution in [1.29, 1.82) is 0 Å². The van der Waals surface area contributed by atoms with Gasteiger partial charge in [0.05, 0.1) is 10.9 Å². The zero-order chi connectivity index (χ0) is 14.9. The molecule has 1 aliphatic rings. The first-order chi connectivity index (χ1) is 9.32. The summed E-state index contributed by atoms with van der Waals surface area (Å²) in [5, 5.41) is 5.74. The molecule has 1 aliphatic heterocycles. The van der Waals surface area contributed by atoms with E-state index in [1.165, 1.54) is 11.8 Å². The van der Waals surface area contributed by atoms with Crippen LogP contribution in [-0.2, 0) is 4.79 Å². The molecule has 0 unspecified atom stereocenters. The number of carbonyl (C=O) groups is 2. The van der Waals surface area contributed by atoms with Crippen molar-refractivity contribution in [2.24, 2.45) is 0 Å². The first kappa shape index (κ1) is 14.9. The molecule has 0 spiro atoms. The Morgan fingerprint density at radius 3 is 2.80 bits per heavy atom. The van der Waals surface area contributed by atoms with Crippen molar-refractivity contribution >= 4 is 29.3 Å². The van der Waals surface area contributed by atoms with Crippen molar-refractivity contribution < 1.29 is 9.59 Å². The predicted octanol–water partition coefficient (Wildman–Crippen LogP) is 3.04. The van der Waals surface area contributed by atoms with E-state index < -0.39 is 0 Å². The molecule has 0 aromatic heterocycles. The Hall–Kier alpha value is -1.49. The molecule has 5 heteroatoms. The first-order valence-electron chi connectivity index (χ1n) is 6.76. The SMILES string of the molecule is CCC(C)(C)NC(=O)c1ccc2c(c1)NC(=O)[C@H](C)S2. The van der Waals surface area contributed by atoms with E-state index in [0.717, 1.165) is 17.0 Å². The fourth-order valence-corrected chi connectivity index (χ4v) is 2.75. The third-order valence-corrected chi connectivity index (χ3v) is 4.69. The molecule has 2 N–H and O–H groups in total. The summed E-state index contributed by atoms with van der Waals surface area (Å²) in [6, 6.07) is 5.44. The molecule has 1 heterocycles. The maximum atomic E-state index is 12.2. The predicted molar refractivity (Wildman–Crippen MR) is 82.2 cm³/mol. The number of carbonyl (C=O) groups excluding carboxylic acids is 2. The molecule has 0 bridgehead atoms. The maximum Gasteiger partial charge on any atom is 0.251 e. The lowest BCUT2D eigenvalue weighted by molar-refractivity contribution is -0.115. The molecule has 0 fully saturated rings. The van der Waals surface area contributed by atoms with Gasteiger partial charge in [-0.2, -0.15) is 0 Å². The summed E-state index contributed by atoms with van der Waals surface area (Å²) in [6.07, 6.45) is 0.855. The largest absolute Gasteiger partial charge is 0.347 e. The molecule has 4 nitrogen and oxygen atoms in total. The van der Waals surface area contributed by atoms with Gasteiger partial charge in [-0.3, -0.25) is 9.59 Å². The molecule has 2 amide bonds. The second kappa shape index (κ2) is 5.48. The van der Waals surface area contributed by atoms with Crippen LogP contribution in [0.3, 0.4) is 0 Å². The van der Waals surface area contributed by atoms with E-state index in [-0.39, 0.29) is 22.6 Å². The van der Waals surface area contributed by atoms with Crippen LogP contribution >= 0.6 is 11.8 Å². The summed E-state index contributed by atoms with van der Waals surface area (Å²) in [7, 11) is 0. The van der Waals surface area contributed by atoms with Gasteiger partial charge < -0.3 is 10.6 Å². The van der Waals surface area contributed by atoms with E-state index in [2.05, 4.69) is 10.6 Å². The van der Waals surface area contributed by atoms with Crippen molar-refractivity contribution in [3.63, 3.8) is 0 Å². The number of hydrogen-bond donors (Lipinski definition) is 2. The summed E-state index contributed by atoms with van der Waals surface area (Å²) in [4.78, 5) is 24.9. The van der Waals surface area contributed by atoms with Gasteiger partial charge in [-0.1, -0.05) is 6.92 Å². The summed E-state index contributed by atoms with van der Waals surface area (Å²) in [5.74, 6) is -0.133. The lowest BCUT2D eigenvalue weighted by atomic mass is 10.0. The Kier molecular flexibility index (Phi) is 4.09. The minimum atomic E-state index is -0.237. The summed E-state index contributed by atoms with van der Waals surface area (Å²) in [6.45, 7) is 7.88. The van der Waals surface area contributed by atoms with Crippen molar-refractivity contribution in [3.8, 4) is 0 Å². The fraction of sp³-hybridized carbons (Fsp3) is 0.467. The van der Waals surface area contributed by atoms with Crippen molar-refractivity contribution in [2.75, 3.05) is 5.32 Å². The van der Waals surface area contributed by atoms with Gasteiger partial charge in [0, 0.05) is 16.0 Å². The standard InChI is InChI=1S/C15H20N2O2S/c1-5-15(3,4)17-14(19)10-6-7-12-11(8-10)16-13(18)9(2)20-12/h6-9H,5H2,1-4H3,(H,16,18)(H,17,19)/t9-/m0/s1. The highest BCUT2D eigenvalue weighted by atomic mass is 32.2. The van der Waals surface area contributed by atoms with Gasteiger partial charge in [-0.15, -0.1) is 11.8 Å². The van der Waals surface area contributed by atoms with Crippen LogP contribution in [0, 0.1) is 0 Å². The molecular weight excluding hydrogens is 272 g/mol. The highest BCUT2D eigenvalue weighted by Crippen LogP contribution is 2.35. The van der Waals surface area contributed by atoms with Gasteiger partial charge in [0.25, 0.3) is 5.91 Å². The van der Waals surface area contributed by atoms with E-state index in [4.69, 9.17) is 0 Å².